The highest BCUT2D eigenvalue weighted by Crippen LogP contribution is 2.51. The molecule has 24 aromatic rings. The predicted octanol–water partition coefficient (Wildman–Crippen LogP) is 29.5. The molecule has 556 valence electrons. The van der Waals surface area contributed by atoms with Crippen LogP contribution in [0.2, 0.25) is 0 Å². The summed E-state index contributed by atoms with van der Waals surface area (Å²) >= 11 is 0. The second-order valence-corrected chi connectivity index (χ2v) is 31.9. The first-order valence-electron chi connectivity index (χ1n) is 40.6. The lowest BCUT2D eigenvalue weighted by Crippen LogP contribution is -2.15. The summed E-state index contributed by atoms with van der Waals surface area (Å²) in [5.74, 6) is 1.31. The van der Waals surface area contributed by atoms with Gasteiger partial charge in [-0.3, -0.25) is 9.13 Å². The van der Waals surface area contributed by atoms with Crippen molar-refractivity contribution in [3.8, 4) is 101 Å². The molecule has 1 aliphatic carbocycles. The Morgan fingerprint density at radius 2 is 0.571 bits per heavy atom. The van der Waals surface area contributed by atoms with Crippen LogP contribution in [-0.4, -0.2) is 29.1 Å². The molecule has 0 N–H and O–H groups in total. The molecule has 25 rings (SSSR count). The van der Waals surface area contributed by atoms with Crippen LogP contribution < -0.4 is 0 Å². The third kappa shape index (κ3) is 11.0. The average molecular weight is 1520 g/mol. The maximum absolute atomic E-state index is 6.10. The van der Waals surface area contributed by atoms with Gasteiger partial charge in [0, 0.05) is 70.4 Å². The Morgan fingerprint density at radius 1 is 0.218 bits per heavy atom. The zero-order valence-corrected chi connectivity index (χ0v) is 65.0. The quantitative estimate of drug-likeness (QED) is 0.143. The number of hydrogen-bond donors (Lipinski definition) is 0. The van der Waals surface area contributed by atoms with Gasteiger partial charge in [0.05, 0.1) is 44.5 Å². The van der Waals surface area contributed by atoms with Gasteiger partial charge >= 0.3 is 0 Å². The van der Waals surface area contributed by atoms with Crippen LogP contribution in [0.4, 0.5) is 0 Å². The van der Waals surface area contributed by atoms with Crippen LogP contribution >= 0.6 is 0 Å². The van der Waals surface area contributed by atoms with Gasteiger partial charge in [0.1, 0.15) is 22.3 Å². The van der Waals surface area contributed by atoms with E-state index in [1.54, 1.807) is 0 Å². The Morgan fingerprint density at radius 3 is 1.09 bits per heavy atom. The van der Waals surface area contributed by atoms with Crippen molar-refractivity contribution >= 4 is 131 Å². The molecule has 1 aliphatic rings. The second kappa shape index (κ2) is 26.7. The van der Waals surface area contributed by atoms with Gasteiger partial charge in [-0.2, -0.15) is 0 Å². The number of furan rings is 2. The second-order valence-electron chi connectivity index (χ2n) is 31.9. The van der Waals surface area contributed by atoms with E-state index in [1.165, 1.54) is 115 Å². The van der Waals surface area contributed by atoms with E-state index in [1.807, 2.05) is 24.3 Å². The van der Waals surface area contributed by atoms with Gasteiger partial charge in [0.15, 0.2) is 0 Å². The highest BCUT2D eigenvalue weighted by molar-refractivity contribution is 6.23. The summed E-state index contributed by atoms with van der Waals surface area (Å²) in [6.45, 7) is 4.66. The Bertz CT molecular complexity index is 8330. The van der Waals surface area contributed by atoms with E-state index in [9.17, 15) is 0 Å². The minimum Gasteiger partial charge on any atom is -0.456 e. The van der Waals surface area contributed by atoms with Crippen molar-refractivity contribution in [3.05, 3.63) is 399 Å². The van der Waals surface area contributed by atoms with Crippen LogP contribution in [0.25, 0.3) is 232 Å². The van der Waals surface area contributed by atoms with Crippen molar-refractivity contribution < 1.29 is 8.83 Å². The van der Waals surface area contributed by atoms with Gasteiger partial charge in [0.25, 0.3) is 0 Å². The molecule has 0 saturated carbocycles. The monoisotopic (exact) mass is 1520 g/mol. The fraction of sp³-hybridized carbons (Fsp3) is 0.0270. The molecule has 0 spiro atoms. The normalized spacial score (nSPS) is 12.5. The summed E-state index contributed by atoms with van der Waals surface area (Å²) < 4.78 is 16.7. The fourth-order valence-electron chi connectivity index (χ4n) is 19.0. The first-order chi connectivity index (χ1) is 58.7. The molecule has 18 aromatic carbocycles. The topological polar surface area (TPSA) is 87.7 Å². The molecule has 0 atom stereocenters. The molecule has 0 saturated heterocycles. The fourth-order valence-corrected chi connectivity index (χ4v) is 19.0. The number of para-hydroxylation sites is 6. The van der Waals surface area contributed by atoms with Gasteiger partial charge < -0.3 is 8.83 Å². The van der Waals surface area contributed by atoms with Gasteiger partial charge in [-0.05, 0) is 196 Å². The molecule has 0 amide bonds. The molecule has 0 unspecified atom stereocenters. The summed E-state index contributed by atoms with van der Waals surface area (Å²) in [7, 11) is 0. The number of nitrogens with zero attached hydrogens (tertiary/aromatic N) is 6. The summed E-state index contributed by atoms with van der Waals surface area (Å²) in [4.78, 5) is 21.4. The zero-order valence-electron chi connectivity index (χ0n) is 65.0. The highest BCUT2D eigenvalue weighted by Gasteiger charge is 2.36. The average Bonchev–Trinajstić information content (AvgIpc) is 1.58. The first-order valence-corrected chi connectivity index (χ1v) is 40.6. The smallest absolute Gasteiger partial charge is 0.235 e. The Labute approximate surface area is 684 Å². The Kier molecular flexibility index (Phi) is 15.2. The maximum Gasteiger partial charge on any atom is 0.235 e. The maximum atomic E-state index is 6.10. The first kappa shape index (κ1) is 67.8. The Balaban J connectivity index is 0.000000136. The third-order valence-corrected chi connectivity index (χ3v) is 24.8. The van der Waals surface area contributed by atoms with Crippen molar-refractivity contribution in [3.63, 3.8) is 0 Å². The molecule has 0 aliphatic heterocycles. The Hall–Kier alpha value is -15.6. The number of benzene rings is 18. The van der Waals surface area contributed by atoms with E-state index in [0.717, 1.165) is 116 Å². The minimum atomic E-state index is -0.117. The van der Waals surface area contributed by atoms with Crippen molar-refractivity contribution in [1.29, 1.82) is 0 Å². The lowest BCUT2D eigenvalue weighted by atomic mass is 9.82. The molecule has 0 bridgehead atoms. The van der Waals surface area contributed by atoms with E-state index in [0.29, 0.717) is 11.9 Å². The summed E-state index contributed by atoms with van der Waals surface area (Å²) in [6.07, 6.45) is 0. The lowest BCUT2D eigenvalue weighted by molar-refractivity contribution is 0.660. The van der Waals surface area contributed by atoms with E-state index in [4.69, 9.17) is 28.8 Å². The standard InChI is InChI=1S/C57H37N3O.C54H33N3O/c1-57(2)47-15-7-3-11-40(47)41-28-25-39(33-48(41)57)55-43-13-4-8-16-49(43)58-56(59-55)60-50-17-9-5-14-44(50)54-45-31-37(24-23-36(45)26-29-51(54)60)34-19-21-35(22-20-34)38-27-30-53-46(32-38)42-12-6-10-18-52(42)61-53;1-2-11-34(12-3-1)38-13-10-14-41(31-38)53-43-16-4-7-18-47(43)55-54(56-53)57-48-19-8-5-17-44(48)52-45-32-39(26-25-37(45)27-29-49(52)57)35-21-23-36(24-22-35)40-28-30-51-46(33-40)42-15-6-9-20-50(42)58-51/h3-33H,1-2H3;1-33H. The van der Waals surface area contributed by atoms with Crippen LogP contribution in [0.15, 0.2) is 397 Å². The van der Waals surface area contributed by atoms with E-state index < -0.39 is 0 Å². The van der Waals surface area contributed by atoms with Crippen LogP contribution in [0.3, 0.4) is 0 Å². The van der Waals surface area contributed by atoms with Crippen LogP contribution in [0, 0.1) is 0 Å². The van der Waals surface area contributed by atoms with Crippen molar-refractivity contribution in [1.82, 2.24) is 29.1 Å². The van der Waals surface area contributed by atoms with Crippen LogP contribution in [0.1, 0.15) is 25.0 Å². The van der Waals surface area contributed by atoms with Crippen LogP contribution in [0.5, 0.6) is 0 Å². The molecule has 0 radical (unpaired) electrons. The minimum absolute atomic E-state index is 0.117. The van der Waals surface area contributed by atoms with Gasteiger partial charge in [-0.1, -0.05) is 305 Å². The van der Waals surface area contributed by atoms with Gasteiger partial charge in [0.2, 0.25) is 11.9 Å². The van der Waals surface area contributed by atoms with E-state index in [-0.39, 0.29) is 5.41 Å². The van der Waals surface area contributed by atoms with Crippen molar-refractivity contribution in [2.45, 2.75) is 19.3 Å². The van der Waals surface area contributed by atoms with Crippen molar-refractivity contribution in [2.75, 3.05) is 0 Å². The van der Waals surface area contributed by atoms with Crippen LogP contribution in [-0.2, 0) is 5.41 Å². The predicted molar refractivity (Wildman–Crippen MR) is 493 cm³/mol. The highest BCUT2D eigenvalue weighted by atomic mass is 16.3. The van der Waals surface area contributed by atoms with Gasteiger partial charge in [-0.25, -0.2) is 19.9 Å². The largest absolute Gasteiger partial charge is 0.456 e. The number of rotatable bonds is 9. The van der Waals surface area contributed by atoms with Crippen molar-refractivity contribution in [2.24, 2.45) is 0 Å². The molecule has 8 nitrogen and oxygen atoms in total. The number of fused-ring (bicyclic) bond motifs is 21. The van der Waals surface area contributed by atoms with E-state index in [2.05, 4.69) is 387 Å². The summed E-state index contributed by atoms with van der Waals surface area (Å²) in [5.41, 5.74) is 30.6. The van der Waals surface area contributed by atoms with Gasteiger partial charge in [-0.15, -0.1) is 0 Å². The summed E-state index contributed by atoms with van der Waals surface area (Å²) in [6, 6.07) is 139. The number of aromatic nitrogens is 6. The van der Waals surface area contributed by atoms with E-state index >= 15 is 0 Å². The molecule has 6 heterocycles. The molecular formula is C111H70N6O2. The summed E-state index contributed by atoms with van der Waals surface area (Å²) in [5, 5.41) is 16.1. The molecule has 0 fully saturated rings. The SMILES string of the molecule is CC1(C)c2ccccc2-c2ccc(-c3nc(-n4c5ccccc5c5c6cc(-c7ccc(-c8ccc9oc%10ccccc%10c9c8)cc7)ccc6ccc54)nc4ccccc34)cc21.c1ccc(-c2cccc(-c3nc(-n4c5ccccc5c5c6cc(-c7ccc(-c8ccc9oc%10ccccc%10c9c8)cc7)ccc6ccc54)nc4ccccc34)c2)cc1. The molecule has 8 heteroatoms. The molecule has 6 aromatic heterocycles. The lowest BCUT2D eigenvalue weighted by Gasteiger charge is -2.22. The molecule has 119 heavy (non-hydrogen) atoms. The number of hydrogen-bond acceptors (Lipinski definition) is 6. The third-order valence-electron chi connectivity index (χ3n) is 24.8. The zero-order chi connectivity index (χ0) is 78.6. The molecular weight excluding hydrogens is 1450 g/mol.